The first-order valence-electron chi connectivity index (χ1n) is 9.60. The normalized spacial score (nSPS) is 11.4. The van der Waals surface area contributed by atoms with E-state index >= 15 is 0 Å². The summed E-state index contributed by atoms with van der Waals surface area (Å²) in [6.07, 6.45) is 1.40. The molecule has 1 N–H and O–H groups in total. The molecule has 33 heavy (non-hydrogen) atoms. The van der Waals surface area contributed by atoms with Gasteiger partial charge in [-0.3, -0.25) is 4.79 Å². The molecule has 0 radical (unpaired) electrons. The molecule has 0 aliphatic rings. The van der Waals surface area contributed by atoms with Crippen LogP contribution in [0, 0.1) is 18.3 Å². The zero-order chi connectivity index (χ0) is 24.0. The molecule has 3 aromatic rings. The quantitative estimate of drug-likeness (QED) is 0.261. The van der Waals surface area contributed by atoms with Gasteiger partial charge >= 0.3 is 10.1 Å². The van der Waals surface area contributed by atoms with Crippen molar-refractivity contribution in [1.29, 1.82) is 5.26 Å². The standard InChI is InChI=1S/C24H19BrN2O5S/c1-16-3-6-19(7-4-16)27-24(28)18(15-26)13-17-5-12-23(22(25)14-17)32-33(29,30)21-10-8-20(31-2)9-11-21/h3-14H,1-2H3,(H,27,28)/b18-13+. The van der Waals surface area contributed by atoms with E-state index in [2.05, 4.69) is 21.2 Å². The van der Waals surface area contributed by atoms with Crippen LogP contribution in [0.4, 0.5) is 5.69 Å². The van der Waals surface area contributed by atoms with E-state index in [4.69, 9.17) is 8.92 Å². The molecule has 9 heteroatoms. The van der Waals surface area contributed by atoms with Crippen LogP contribution in [0.2, 0.25) is 0 Å². The van der Waals surface area contributed by atoms with Gasteiger partial charge in [0.25, 0.3) is 5.91 Å². The Bertz CT molecular complexity index is 1340. The summed E-state index contributed by atoms with van der Waals surface area (Å²) in [6.45, 7) is 1.93. The molecule has 0 atom stereocenters. The molecule has 0 bridgehead atoms. The van der Waals surface area contributed by atoms with E-state index in [1.807, 2.05) is 25.1 Å². The van der Waals surface area contributed by atoms with Gasteiger partial charge in [0.05, 0.1) is 11.6 Å². The number of methoxy groups -OCH3 is 1. The molecule has 0 spiro atoms. The maximum Gasteiger partial charge on any atom is 0.339 e. The Morgan fingerprint density at radius 2 is 1.73 bits per heavy atom. The van der Waals surface area contributed by atoms with E-state index in [1.165, 1.54) is 43.5 Å². The number of benzene rings is 3. The van der Waals surface area contributed by atoms with E-state index in [1.54, 1.807) is 24.3 Å². The molecule has 0 fully saturated rings. The van der Waals surface area contributed by atoms with Crippen LogP contribution in [-0.2, 0) is 14.9 Å². The molecule has 168 valence electrons. The molecule has 0 saturated heterocycles. The van der Waals surface area contributed by atoms with Crippen molar-refractivity contribution in [3.05, 3.63) is 87.9 Å². The highest BCUT2D eigenvalue weighted by Gasteiger charge is 2.19. The van der Waals surface area contributed by atoms with Crippen LogP contribution in [0.3, 0.4) is 0 Å². The number of nitrogens with one attached hydrogen (secondary N) is 1. The maximum atomic E-state index is 12.6. The Kier molecular flexibility index (Phi) is 7.53. The summed E-state index contributed by atoms with van der Waals surface area (Å²) in [6, 6.07) is 19.4. The van der Waals surface area contributed by atoms with Crippen molar-refractivity contribution in [3.8, 4) is 17.6 Å². The lowest BCUT2D eigenvalue weighted by Crippen LogP contribution is -2.13. The Morgan fingerprint density at radius 1 is 1.06 bits per heavy atom. The number of anilines is 1. The van der Waals surface area contributed by atoms with Crippen molar-refractivity contribution in [1.82, 2.24) is 0 Å². The van der Waals surface area contributed by atoms with Crippen molar-refractivity contribution in [2.45, 2.75) is 11.8 Å². The average Bonchev–Trinajstić information content (AvgIpc) is 2.80. The summed E-state index contributed by atoms with van der Waals surface area (Å²) < 4.78 is 35.7. The molecular formula is C24H19BrN2O5S. The first-order chi connectivity index (χ1) is 15.7. The number of ether oxygens (including phenoxy) is 1. The van der Waals surface area contributed by atoms with Gasteiger partial charge in [-0.25, -0.2) is 0 Å². The Labute approximate surface area is 200 Å². The molecule has 0 aliphatic heterocycles. The van der Waals surface area contributed by atoms with Crippen LogP contribution in [0.15, 0.2) is 81.7 Å². The van der Waals surface area contributed by atoms with Crippen molar-refractivity contribution in [2.75, 3.05) is 12.4 Å². The smallest absolute Gasteiger partial charge is 0.339 e. The number of carbonyl (C=O) groups excluding carboxylic acids is 1. The number of rotatable bonds is 7. The lowest BCUT2D eigenvalue weighted by atomic mass is 10.1. The van der Waals surface area contributed by atoms with E-state index in [0.29, 0.717) is 21.5 Å². The Hall–Kier alpha value is -3.61. The van der Waals surface area contributed by atoms with Crippen molar-refractivity contribution in [3.63, 3.8) is 0 Å². The Morgan fingerprint density at radius 3 is 2.30 bits per heavy atom. The highest BCUT2D eigenvalue weighted by atomic mass is 79.9. The van der Waals surface area contributed by atoms with Crippen LogP contribution in [0.1, 0.15) is 11.1 Å². The van der Waals surface area contributed by atoms with Gasteiger partial charge in [-0.1, -0.05) is 23.8 Å². The molecule has 0 aliphatic carbocycles. The molecular weight excluding hydrogens is 508 g/mol. The predicted octanol–water partition coefficient (Wildman–Crippen LogP) is 5.08. The fourth-order valence-corrected chi connectivity index (χ4v) is 4.27. The number of halogens is 1. The molecule has 0 unspecified atom stereocenters. The van der Waals surface area contributed by atoms with Crippen molar-refractivity contribution >= 4 is 43.7 Å². The first kappa shape index (κ1) is 24.0. The topological polar surface area (TPSA) is 105 Å². The lowest BCUT2D eigenvalue weighted by molar-refractivity contribution is -0.112. The molecule has 0 aromatic heterocycles. The van der Waals surface area contributed by atoms with Gasteiger partial charge in [0.1, 0.15) is 22.3 Å². The van der Waals surface area contributed by atoms with Crippen LogP contribution in [0.25, 0.3) is 6.08 Å². The molecule has 1 amide bonds. The summed E-state index contributed by atoms with van der Waals surface area (Å²) >= 11 is 3.28. The number of carbonyl (C=O) groups is 1. The highest BCUT2D eigenvalue weighted by molar-refractivity contribution is 9.10. The third kappa shape index (κ3) is 6.22. The highest BCUT2D eigenvalue weighted by Crippen LogP contribution is 2.30. The minimum atomic E-state index is -4.07. The number of amides is 1. The van der Waals surface area contributed by atoms with Gasteiger partial charge < -0.3 is 14.2 Å². The second kappa shape index (κ2) is 10.3. The van der Waals surface area contributed by atoms with E-state index in [9.17, 15) is 18.5 Å². The summed E-state index contributed by atoms with van der Waals surface area (Å²) in [5.74, 6) is 0.0245. The summed E-state index contributed by atoms with van der Waals surface area (Å²) in [7, 11) is -2.59. The number of nitrogens with zero attached hydrogens (tertiary/aromatic N) is 1. The number of nitriles is 1. The second-order valence-electron chi connectivity index (χ2n) is 6.89. The first-order valence-corrected chi connectivity index (χ1v) is 11.8. The predicted molar refractivity (Wildman–Crippen MR) is 128 cm³/mol. The zero-order valence-corrected chi connectivity index (χ0v) is 20.1. The van der Waals surface area contributed by atoms with Gasteiger partial charge in [-0.2, -0.15) is 13.7 Å². The zero-order valence-electron chi connectivity index (χ0n) is 17.7. The van der Waals surface area contributed by atoms with Crippen LogP contribution in [-0.4, -0.2) is 21.4 Å². The van der Waals surface area contributed by atoms with Crippen LogP contribution < -0.4 is 14.2 Å². The summed E-state index contributed by atoms with van der Waals surface area (Å²) in [5, 5.41) is 12.1. The number of aryl methyl sites for hydroxylation is 1. The molecule has 3 rings (SSSR count). The number of hydrogen-bond acceptors (Lipinski definition) is 6. The van der Waals surface area contributed by atoms with E-state index in [-0.39, 0.29) is 16.2 Å². The fourth-order valence-electron chi connectivity index (χ4n) is 2.73. The largest absolute Gasteiger partial charge is 0.497 e. The minimum absolute atomic E-state index is 0.0290. The lowest BCUT2D eigenvalue weighted by Gasteiger charge is -2.10. The van der Waals surface area contributed by atoms with Crippen molar-refractivity contribution < 1.29 is 22.1 Å². The SMILES string of the molecule is COc1ccc(S(=O)(=O)Oc2ccc(/C=C(\C#N)C(=O)Nc3ccc(C)cc3)cc2Br)cc1. The monoisotopic (exact) mass is 526 g/mol. The van der Waals surface area contributed by atoms with E-state index in [0.717, 1.165) is 5.56 Å². The second-order valence-corrected chi connectivity index (χ2v) is 9.29. The van der Waals surface area contributed by atoms with Gasteiger partial charge in [-0.05, 0) is 83.0 Å². The minimum Gasteiger partial charge on any atom is -0.497 e. The van der Waals surface area contributed by atoms with Gasteiger partial charge in [0.15, 0.2) is 5.75 Å². The Balaban J connectivity index is 1.78. The van der Waals surface area contributed by atoms with Crippen molar-refractivity contribution in [2.24, 2.45) is 0 Å². The maximum absolute atomic E-state index is 12.6. The van der Waals surface area contributed by atoms with Gasteiger partial charge in [0, 0.05) is 5.69 Å². The molecule has 0 saturated carbocycles. The summed E-state index contributed by atoms with van der Waals surface area (Å²) in [4.78, 5) is 12.4. The van der Waals surface area contributed by atoms with Gasteiger partial charge in [0.2, 0.25) is 0 Å². The average molecular weight is 527 g/mol. The fraction of sp³-hybridized carbons (Fsp3) is 0.0833. The summed E-state index contributed by atoms with van der Waals surface area (Å²) in [5.41, 5.74) is 2.01. The molecule has 3 aromatic carbocycles. The molecule has 7 nitrogen and oxygen atoms in total. The number of hydrogen-bond donors (Lipinski definition) is 1. The third-order valence-electron chi connectivity index (χ3n) is 4.49. The van der Waals surface area contributed by atoms with Crippen LogP contribution >= 0.6 is 15.9 Å². The van der Waals surface area contributed by atoms with E-state index < -0.39 is 16.0 Å². The molecule has 0 heterocycles. The van der Waals surface area contributed by atoms with Crippen LogP contribution in [0.5, 0.6) is 11.5 Å². The third-order valence-corrected chi connectivity index (χ3v) is 6.36. The van der Waals surface area contributed by atoms with Gasteiger partial charge in [-0.15, -0.1) is 0 Å².